The molecular weight excluding hydrogens is 218 g/mol. The Bertz CT molecular complexity index is 343. The number of aryl methyl sites for hydroxylation is 2. The summed E-state index contributed by atoms with van der Waals surface area (Å²) in [6, 6.07) is 6.73. The third-order valence-corrected chi connectivity index (χ3v) is 3.79. The highest BCUT2D eigenvalue weighted by atomic mass is 14.9. The van der Waals surface area contributed by atoms with E-state index in [1.54, 1.807) is 0 Å². The predicted molar refractivity (Wildman–Crippen MR) is 80.9 cm³/mol. The molecule has 1 rings (SSSR count). The summed E-state index contributed by atoms with van der Waals surface area (Å²) in [4.78, 5) is 0. The van der Waals surface area contributed by atoms with E-state index in [1.165, 1.54) is 42.4 Å². The summed E-state index contributed by atoms with van der Waals surface area (Å²) in [5.74, 6) is 0.843. The van der Waals surface area contributed by atoms with Crippen LogP contribution in [0.5, 0.6) is 0 Å². The van der Waals surface area contributed by atoms with Gasteiger partial charge in [0, 0.05) is 6.54 Å². The lowest BCUT2D eigenvalue weighted by molar-refractivity contribution is 0.419. The molecule has 18 heavy (non-hydrogen) atoms. The second-order valence-electron chi connectivity index (χ2n) is 5.48. The van der Waals surface area contributed by atoms with E-state index in [2.05, 4.69) is 51.2 Å². The minimum Gasteiger partial charge on any atom is -0.312 e. The Morgan fingerprint density at radius 3 is 2.56 bits per heavy atom. The Hall–Kier alpha value is -0.820. The van der Waals surface area contributed by atoms with Crippen LogP contribution < -0.4 is 5.32 Å². The van der Waals surface area contributed by atoms with Crippen LogP contribution in [0.15, 0.2) is 18.2 Å². The summed E-state index contributed by atoms with van der Waals surface area (Å²) in [5, 5.41) is 3.62. The molecule has 1 heteroatoms. The number of benzene rings is 1. The second-order valence-corrected chi connectivity index (χ2v) is 5.48. The molecule has 1 aromatic rings. The van der Waals surface area contributed by atoms with Crippen LogP contribution >= 0.6 is 0 Å². The van der Waals surface area contributed by atoms with Gasteiger partial charge in [0.05, 0.1) is 0 Å². The lowest BCUT2D eigenvalue weighted by atomic mass is 9.99. The van der Waals surface area contributed by atoms with Crippen LogP contribution in [0.25, 0.3) is 0 Å². The van der Waals surface area contributed by atoms with Gasteiger partial charge >= 0.3 is 0 Å². The normalized spacial score (nSPS) is 12.7. The Balaban J connectivity index is 2.35. The summed E-state index contributed by atoms with van der Waals surface area (Å²) < 4.78 is 0. The monoisotopic (exact) mass is 247 g/mol. The first-order valence-electron chi connectivity index (χ1n) is 7.44. The Labute approximate surface area is 113 Å². The van der Waals surface area contributed by atoms with Gasteiger partial charge in [0.15, 0.2) is 0 Å². The fourth-order valence-corrected chi connectivity index (χ4v) is 2.40. The molecule has 0 aromatic heterocycles. The molecule has 0 bridgehead atoms. The Kier molecular flexibility index (Phi) is 7.04. The minimum atomic E-state index is 0.843. The largest absolute Gasteiger partial charge is 0.312 e. The Morgan fingerprint density at radius 1 is 1.17 bits per heavy atom. The van der Waals surface area contributed by atoms with Gasteiger partial charge in [0.25, 0.3) is 0 Å². The minimum absolute atomic E-state index is 0.843. The van der Waals surface area contributed by atoms with Crippen LogP contribution in [0.3, 0.4) is 0 Å². The number of hydrogen-bond donors (Lipinski definition) is 1. The van der Waals surface area contributed by atoms with Crippen LogP contribution in [0, 0.1) is 19.8 Å². The van der Waals surface area contributed by atoms with Crippen LogP contribution in [0.4, 0.5) is 0 Å². The number of rotatable bonds is 8. The van der Waals surface area contributed by atoms with Gasteiger partial charge in [-0.2, -0.15) is 0 Å². The molecule has 0 heterocycles. The van der Waals surface area contributed by atoms with Crippen molar-refractivity contribution in [2.75, 3.05) is 6.54 Å². The second kappa shape index (κ2) is 8.31. The van der Waals surface area contributed by atoms with Crippen LogP contribution in [-0.2, 0) is 6.54 Å². The molecule has 0 fully saturated rings. The Morgan fingerprint density at radius 2 is 1.94 bits per heavy atom. The topological polar surface area (TPSA) is 12.0 Å². The average molecular weight is 247 g/mol. The van der Waals surface area contributed by atoms with E-state index in [0.717, 1.165) is 19.0 Å². The molecule has 0 saturated carbocycles. The molecule has 0 aliphatic carbocycles. The highest BCUT2D eigenvalue weighted by molar-refractivity contribution is 5.30. The highest BCUT2D eigenvalue weighted by Gasteiger charge is 2.05. The van der Waals surface area contributed by atoms with E-state index in [1.807, 2.05) is 0 Å². The molecule has 102 valence electrons. The van der Waals surface area contributed by atoms with Gasteiger partial charge in [-0.05, 0) is 43.9 Å². The summed E-state index contributed by atoms with van der Waals surface area (Å²) in [6.07, 6.45) is 5.34. The fraction of sp³-hybridized carbons (Fsp3) is 0.647. The van der Waals surface area contributed by atoms with Gasteiger partial charge in [-0.25, -0.2) is 0 Å². The molecular formula is C17H29N. The maximum absolute atomic E-state index is 3.62. The summed E-state index contributed by atoms with van der Waals surface area (Å²) in [5.41, 5.74) is 4.20. The zero-order valence-electron chi connectivity index (χ0n) is 12.6. The van der Waals surface area contributed by atoms with Crippen molar-refractivity contribution in [3.63, 3.8) is 0 Å². The average Bonchev–Trinajstić information content (AvgIpc) is 2.36. The van der Waals surface area contributed by atoms with Gasteiger partial charge in [-0.1, -0.05) is 56.9 Å². The molecule has 1 N–H and O–H groups in total. The zero-order valence-corrected chi connectivity index (χ0v) is 12.6. The van der Waals surface area contributed by atoms with Crippen molar-refractivity contribution in [1.29, 1.82) is 0 Å². The maximum Gasteiger partial charge on any atom is 0.0208 e. The van der Waals surface area contributed by atoms with Crippen LogP contribution in [-0.4, -0.2) is 6.54 Å². The molecule has 0 saturated heterocycles. The molecule has 0 aliphatic heterocycles. The van der Waals surface area contributed by atoms with E-state index >= 15 is 0 Å². The van der Waals surface area contributed by atoms with Crippen molar-refractivity contribution in [2.45, 2.75) is 59.9 Å². The number of hydrogen-bond acceptors (Lipinski definition) is 1. The van der Waals surface area contributed by atoms with Crippen molar-refractivity contribution in [2.24, 2.45) is 5.92 Å². The molecule has 0 spiro atoms. The summed E-state index contributed by atoms with van der Waals surface area (Å²) >= 11 is 0. The van der Waals surface area contributed by atoms with Crippen molar-refractivity contribution >= 4 is 0 Å². The molecule has 1 nitrogen and oxygen atoms in total. The summed E-state index contributed by atoms with van der Waals surface area (Å²) in [7, 11) is 0. The lowest BCUT2D eigenvalue weighted by Crippen LogP contribution is -2.22. The van der Waals surface area contributed by atoms with E-state index in [4.69, 9.17) is 0 Å². The third kappa shape index (κ3) is 5.22. The van der Waals surface area contributed by atoms with Crippen LogP contribution in [0.2, 0.25) is 0 Å². The zero-order chi connectivity index (χ0) is 13.4. The van der Waals surface area contributed by atoms with Crippen molar-refractivity contribution < 1.29 is 0 Å². The van der Waals surface area contributed by atoms with Crippen LogP contribution in [0.1, 0.15) is 56.2 Å². The standard InChI is InChI=1S/C17H29N/c1-5-7-8-16(6-2)12-18-13-17-10-9-14(3)11-15(17)4/h9-11,16,18H,5-8,12-13H2,1-4H3. The third-order valence-electron chi connectivity index (χ3n) is 3.79. The van der Waals surface area contributed by atoms with Gasteiger partial charge < -0.3 is 5.32 Å². The summed E-state index contributed by atoms with van der Waals surface area (Å²) in [6.45, 7) is 11.1. The van der Waals surface area contributed by atoms with Gasteiger partial charge in [-0.3, -0.25) is 0 Å². The van der Waals surface area contributed by atoms with Crippen molar-refractivity contribution in [3.05, 3.63) is 34.9 Å². The predicted octanol–water partition coefficient (Wildman–Crippen LogP) is 4.61. The van der Waals surface area contributed by atoms with E-state index < -0.39 is 0 Å². The van der Waals surface area contributed by atoms with Crippen molar-refractivity contribution in [1.82, 2.24) is 5.32 Å². The first kappa shape index (κ1) is 15.2. The fourth-order valence-electron chi connectivity index (χ4n) is 2.40. The molecule has 1 atom stereocenters. The number of nitrogens with one attached hydrogen (secondary N) is 1. The van der Waals surface area contributed by atoms with Crippen molar-refractivity contribution in [3.8, 4) is 0 Å². The molecule has 1 aromatic carbocycles. The first-order valence-corrected chi connectivity index (χ1v) is 7.44. The molecule has 0 aliphatic rings. The lowest BCUT2D eigenvalue weighted by Gasteiger charge is -2.16. The number of unbranched alkanes of at least 4 members (excludes halogenated alkanes) is 1. The molecule has 1 unspecified atom stereocenters. The smallest absolute Gasteiger partial charge is 0.0208 e. The molecule has 0 radical (unpaired) electrons. The van der Waals surface area contributed by atoms with E-state index in [-0.39, 0.29) is 0 Å². The maximum atomic E-state index is 3.62. The SMILES string of the molecule is CCCCC(CC)CNCc1ccc(C)cc1C. The molecule has 0 amide bonds. The van der Waals surface area contributed by atoms with E-state index in [9.17, 15) is 0 Å². The highest BCUT2D eigenvalue weighted by Crippen LogP contribution is 2.13. The van der Waals surface area contributed by atoms with Gasteiger partial charge in [0.2, 0.25) is 0 Å². The van der Waals surface area contributed by atoms with E-state index in [0.29, 0.717) is 0 Å². The quantitative estimate of drug-likeness (QED) is 0.707. The van der Waals surface area contributed by atoms with Gasteiger partial charge in [0.1, 0.15) is 0 Å². The van der Waals surface area contributed by atoms with Gasteiger partial charge in [-0.15, -0.1) is 0 Å². The first-order chi connectivity index (χ1) is 8.67.